The summed E-state index contributed by atoms with van der Waals surface area (Å²) in [5.74, 6) is -0.766. The molecule has 0 saturated carbocycles. The number of amides is 2. The number of pyridine rings is 1. The van der Waals surface area contributed by atoms with Gasteiger partial charge >= 0.3 is 0 Å². The first-order chi connectivity index (χ1) is 9.09. The molecule has 1 heterocycles. The van der Waals surface area contributed by atoms with Gasteiger partial charge in [0.15, 0.2) is 0 Å². The van der Waals surface area contributed by atoms with E-state index in [0.717, 1.165) is 6.42 Å². The topological polar surface area (TPSA) is 105 Å². The molecule has 1 rings (SSSR count). The van der Waals surface area contributed by atoms with E-state index >= 15 is 0 Å². The van der Waals surface area contributed by atoms with E-state index in [2.05, 4.69) is 10.3 Å². The minimum absolute atomic E-state index is 0.0663. The van der Waals surface area contributed by atoms with Crippen LogP contribution in [0.5, 0.6) is 0 Å². The standard InChI is InChI=1S/C13H19N3O3/c14-13(19)11(17)6-2-1-3-7-12(18)16-10-5-4-8-15-9-10/h4-5,8-9,11,17H,1-3,6-7H2,(H2,14,19)(H,16,18). The van der Waals surface area contributed by atoms with Crippen LogP contribution >= 0.6 is 0 Å². The maximum Gasteiger partial charge on any atom is 0.246 e. The van der Waals surface area contributed by atoms with E-state index in [1.54, 1.807) is 24.5 Å². The predicted octanol–water partition coefficient (Wildman–Crippen LogP) is 0.817. The highest BCUT2D eigenvalue weighted by molar-refractivity contribution is 5.90. The average Bonchev–Trinajstić information content (AvgIpc) is 2.39. The van der Waals surface area contributed by atoms with Crippen LogP contribution in [0.2, 0.25) is 0 Å². The Morgan fingerprint density at radius 1 is 1.37 bits per heavy atom. The molecule has 0 fully saturated rings. The highest BCUT2D eigenvalue weighted by Gasteiger charge is 2.09. The average molecular weight is 265 g/mol. The second-order valence-corrected chi connectivity index (χ2v) is 4.31. The number of aliphatic hydroxyl groups excluding tert-OH is 1. The van der Waals surface area contributed by atoms with Gasteiger partial charge in [0, 0.05) is 12.6 Å². The lowest BCUT2D eigenvalue weighted by Crippen LogP contribution is -2.27. The molecule has 6 heteroatoms. The first-order valence-corrected chi connectivity index (χ1v) is 6.27. The van der Waals surface area contributed by atoms with Crippen molar-refractivity contribution in [3.63, 3.8) is 0 Å². The maximum atomic E-state index is 11.6. The Kier molecular flexibility index (Phi) is 6.52. The fraction of sp³-hybridized carbons (Fsp3) is 0.462. The van der Waals surface area contributed by atoms with E-state index in [1.807, 2.05) is 0 Å². The Morgan fingerprint density at radius 2 is 2.16 bits per heavy atom. The van der Waals surface area contributed by atoms with Gasteiger partial charge in [0.05, 0.1) is 11.9 Å². The molecule has 0 saturated heterocycles. The zero-order valence-corrected chi connectivity index (χ0v) is 10.7. The van der Waals surface area contributed by atoms with E-state index in [1.165, 1.54) is 0 Å². The molecule has 1 unspecified atom stereocenters. The van der Waals surface area contributed by atoms with Gasteiger partial charge in [-0.15, -0.1) is 0 Å². The van der Waals surface area contributed by atoms with Crippen LogP contribution in [0.25, 0.3) is 0 Å². The second kappa shape index (κ2) is 8.20. The van der Waals surface area contributed by atoms with E-state index in [0.29, 0.717) is 31.4 Å². The van der Waals surface area contributed by atoms with Crippen LogP contribution in [0.1, 0.15) is 32.1 Å². The van der Waals surface area contributed by atoms with Gasteiger partial charge in [0.1, 0.15) is 6.10 Å². The van der Waals surface area contributed by atoms with Crippen LogP contribution in [0, 0.1) is 0 Å². The summed E-state index contributed by atoms with van der Waals surface area (Å²) >= 11 is 0. The summed E-state index contributed by atoms with van der Waals surface area (Å²) < 4.78 is 0. The fourth-order valence-corrected chi connectivity index (χ4v) is 1.60. The number of nitrogens with two attached hydrogens (primary N) is 1. The first kappa shape index (κ1) is 15.1. The molecule has 104 valence electrons. The van der Waals surface area contributed by atoms with Gasteiger partial charge in [-0.1, -0.05) is 12.8 Å². The summed E-state index contributed by atoms with van der Waals surface area (Å²) in [6.45, 7) is 0. The molecule has 1 aromatic heterocycles. The zero-order chi connectivity index (χ0) is 14.1. The number of nitrogens with one attached hydrogen (secondary N) is 1. The Balaban J connectivity index is 2.10. The summed E-state index contributed by atoms with van der Waals surface area (Å²) in [6.07, 6.45) is 5.04. The lowest BCUT2D eigenvalue weighted by atomic mass is 10.1. The van der Waals surface area contributed by atoms with Crippen molar-refractivity contribution in [3.05, 3.63) is 24.5 Å². The minimum Gasteiger partial charge on any atom is -0.383 e. The molecule has 0 bridgehead atoms. The Morgan fingerprint density at radius 3 is 2.79 bits per heavy atom. The van der Waals surface area contributed by atoms with Gasteiger partial charge in [-0.2, -0.15) is 0 Å². The molecule has 0 aliphatic heterocycles. The second-order valence-electron chi connectivity index (χ2n) is 4.31. The molecule has 19 heavy (non-hydrogen) atoms. The molecule has 0 aliphatic carbocycles. The third-order valence-electron chi connectivity index (χ3n) is 2.66. The van der Waals surface area contributed by atoms with Crippen molar-refractivity contribution in [3.8, 4) is 0 Å². The summed E-state index contributed by atoms with van der Waals surface area (Å²) in [6, 6.07) is 3.52. The summed E-state index contributed by atoms with van der Waals surface area (Å²) in [7, 11) is 0. The first-order valence-electron chi connectivity index (χ1n) is 6.27. The number of carbonyl (C=O) groups is 2. The zero-order valence-electron chi connectivity index (χ0n) is 10.7. The lowest BCUT2D eigenvalue weighted by molar-refractivity contribution is -0.126. The largest absolute Gasteiger partial charge is 0.383 e. The van der Waals surface area contributed by atoms with Gasteiger partial charge in [-0.3, -0.25) is 14.6 Å². The van der Waals surface area contributed by atoms with Gasteiger partial charge in [-0.25, -0.2) is 0 Å². The third-order valence-corrected chi connectivity index (χ3v) is 2.66. The molecular formula is C13H19N3O3. The molecule has 1 aromatic rings. The van der Waals surface area contributed by atoms with Crippen molar-refractivity contribution in [2.45, 2.75) is 38.2 Å². The molecule has 6 nitrogen and oxygen atoms in total. The molecule has 4 N–H and O–H groups in total. The van der Waals surface area contributed by atoms with Crippen molar-refractivity contribution in [2.75, 3.05) is 5.32 Å². The number of aliphatic hydroxyl groups is 1. The lowest BCUT2D eigenvalue weighted by Gasteiger charge is -2.06. The maximum absolute atomic E-state index is 11.6. The highest BCUT2D eigenvalue weighted by atomic mass is 16.3. The van der Waals surface area contributed by atoms with Crippen LogP contribution in [0.4, 0.5) is 5.69 Å². The minimum atomic E-state index is -1.08. The van der Waals surface area contributed by atoms with Crippen molar-refractivity contribution >= 4 is 17.5 Å². The Labute approximate surface area is 112 Å². The fourth-order valence-electron chi connectivity index (χ4n) is 1.60. The number of rotatable bonds is 8. The number of unbranched alkanes of at least 4 members (excludes halogenated alkanes) is 2. The van der Waals surface area contributed by atoms with Crippen LogP contribution in [-0.2, 0) is 9.59 Å². The van der Waals surface area contributed by atoms with Gasteiger partial charge in [0.2, 0.25) is 11.8 Å². The summed E-state index contributed by atoms with van der Waals surface area (Å²) in [4.78, 5) is 26.0. The van der Waals surface area contributed by atoms with Crippen molar-refractivity contribution in [1.29, 1.82) is 0 Å². The number of aromatic nitrogens is 1. The molecule has 2 amide bonds. The van der Waals surface area contributed by atoms with E-state index in [9.17, 15) is 9.59 Å². The SMILES string of the molecule is NC(=O)C(O)CCCCCC(=O)Nc1cccnc1. The van der Waals surface area contributed by atoms with Gasteiger partial charge in [0.25, 0.3) is 0 Å². The monoisotopic (exact) mass is 265 g/mol. The molecule has 0 aliphatic rings. The van der Waals surface area contributed by atoms with Crippen LogP contribution in [0.3, 0.4) is 0 Å². The normalized spacial score (nSPS) is 11.8. The van der Waals surface area contributed by atoms with Crippen molar-refractivity contribution < 1.29 is 14.7 Å². The van der Waals surface area contributed by atoms with E-state index in [4.69, 9.17) is 10.8 Å². The third kappa shape index (κ3) is 6.52. The smallest absolute Gasteiger partial charge is 0.246 e. The van der Waals surface area contributed by atoms with Crippen LogP contribution in [0.15, 0.2) is 24.5 Å². The number of anilines is 1. The highest BCUT2D eigenvalue weighted by Crippen LogP contribution is 2.08. The Hall–Kier alpha value is -1.95. The van der Waals surface area contributed by atoms with Crippen molar-refractivity contribution in [2.24, 2.45) is 5.73 Å². The number of hydrogen-bond acceptors (Lipinski definition) is 4. The van der Waals surface area contributed by atoms with Gasteiger partial charge in [-0.05, 0) is 25.0 Å². The van der Waals surface area contributed by atoms with Gasteiger partial charge < -0.3 is 16.2 Å². The molecule has 0 radical (unpaired) electrons. The number of carbonyl (C=O) groups excluding carboxylic acids is 2. The van der Waals surface area contributed by atoms with Crippen molar-refractivity contribution in [1.82, 2.24) is 4.98 Å². The number of primary amides is 1. The number of nitrogens with zero attached hydrogens (tertiary/aromatic N) is 1. The molecular weight excluding hydrogens is 246 g/mol. The summed E-state index contributed by atoms with van der Waals surface area (Å²) in [5.41, 5.74) is 5.60. The molecule has 0 aromatic carbocycles. The molecule has 1 atom stereocenters. The quantitative estimate of drug-likeness (QED) is 0.605. The van der Waals surface area contributed by atoms with E-state index in [-0.39, 0.29) is 5.91 Å². The predicted molar refractivity (Wildman–Crippen MR) is 71.2 cm³/mol. The number of hydrogen-bond donors (Lipinski definition) is 3. The van der Waals surface area contributed by atoms with Crippen LogP contribution < -0.4 is 11.1 Å². The molecule has 0 spiro atoms. The van der Waals surface area contributed by atoms with E-state index < -0.39 is 12.0 Å². The van der Waals surface area contributed by atoms with Crippen LogP contribution in [-0.4, -0.2) is 28.0 Å². The summed E-state index contributed by atoms with van der Waals surface area (Å²) in [5, 5.41) is 11.9. The Bertz CT molecular complexity index is 409.